The van der Waals surface area contributed by atoms with E-state index < -0.39 is 0 Å². The van der Waals surface area contributed by atoms with E-state index in [2.05, 4.69) is 17.4 Å². The molecule has 2 rings (SSSR count). The quantitative estimate of drug-likeness (QED) is 0.834. The summed E-state index contributed by atoms with van der Waals surface area (Å²) in [5.41, 5.74) is 1.38. The topological polar surface area (TPSA) is 32.3 Å². The Balaban J connectivity index is 0.00000128. The van der Waals surface area contributed by atoms with E-state index >= 15 is 0 Å². The van der Waals surface area contributed by atoms with Gasteiger partial charge in [0.15, 0.2) is 0 Å². The first kappa shape index (κ1) is 13.3. The lowest BCUT2D eigenvalue weighted by Crippen LogP contribution is -2.29. The summed E-state index contributed by atoms with van der Waals surface area (Å²) in [6.45, 7) is 0. The summed E-state index contributed by atoms with van der Waals surface area (Å²) in [6.07, 6.45) is 5.05. The number of benzene rings is 1. The molecule has 2 nitrogen and oxygen atoms in total. The molecule has 1 saturated carbocycles. The molecule has 0 aromatic heterocycles. The molecule has 16 heavy (non-hydrogen) atoms. The number of halogens is 1. The Morgan fingerprint density at radius 3 is 2.12 bits per heavy atom. The van der Waals surface area contributed by atoms with Gasteiger partial charge in [-0.2, -0.15) is 0 Å². The van der Waals surface area contributed by atoms with E-state index in [1.165, 1.54) is 31.2 Å². The molecule has 1 fully saturated rings. The van der Waals surface area contributed by atoms with Gasteiger partial charge in [0.25, 0.3) is 0 Å². The van der Waals surface area contributed by atoms with Gasteiger partial charge in [0.2, 0.25) is 0 Å². The van der Waals surface area contributed by atoms with Crippen molar-refractivity contribution in [2.75, 3.05) is 7.05 Å². The Morgan fingerprint density at radius 2 is 1.62 bits per heavy atom. The van der Waals surface area contributed by atoms with Crippen LogP contribution in [0.5, 0.6) is 5.75 Å². The number of phenols is 1. The van der Waals surface area contributed by atoms with Crippen LogP contribution in [0.1, 0.15) is 37.2 Å². The maximum absolute atomic E-state index is 9.23. The Kier molecular flexibility index (Phi) is 5.10. The summed E-state index contributed by atoms with van der Waals surface area (Å²) in [5, 5.41) is 12.6. The SMILES string of the molecule is CNC1CCC(c2ccc(O)cc2)CC1.Cl. The van der Waals surface area contributed by atoms with Gasteiger partial charge in [0, 0.05) is 6.04 Å². The second-order valence-corrected chi connectivity index (χ2v) is 4.43. The average Bonchev–Trinajstić information content (AvgIpc) is 2.30. The lowest BCUT2D eigenvalue weighted by molar-refractivity contribution is 0.358. The molecule has 0 aliphatic heterocycles. The number of aromatic hydroxyl groups is 1. The van der Waals surface area contributed by atoms with Gasteiger partial charge in [0.05, 0.1) is 0 Å². The molecule has 1 aromatic rings. The highest BCUT2D eigenvalue weighted by molar-refractivity contribution is 5.85. The number of phenolic OH excluding ortho intramolecular Hbond substituents is 1. The molecule has 0 heterocycles. The number of hydrogen-bond acceptors (Lipinski definition) is 2. The fourth-order valence-electron chi connectivity index (χ4n) is 2.46. The normalized spacial score (nSPS) is 24.8. The fourth-order valence-corrected chi connectivity index (χ4v) is 2.46. The minimum atomic E-state index is 0. The van der Waals surface area contributed by atoms with Crippen molar-refractivity contribution in [3.63, 3.8) is 0 Å². The molecule has 1 aliphatic rings. The van der Waals surface area contributed by atoms with Crippen LogP contribution in [-0.4, -0.2) is 18.2 Å². The molecular weight excluding hydrogens is 222 g/mol. The van der Waals surface area contributed by atoms with Crippen molar-refractivity contribution in [2.45, 2.75) is 37.6 Å². The van der Waals surface area contributed by atoms with E-state index in [-0.39, 0.29) is 12.4 Å². The van der Waals surface area contributed by atoms with Crippen LogP contribution in [0, 0.1) is 0 Å². The van der Waals surface area contributed by atoms with Crippen LogP contribution in [0.25, 0.3) is 0 Å². The molecule has 1 aliphatic carbocycles. The minimum absolute atomic E-state index is 0. The molecule has 0 unspecified atom stereocenters. The Morgan fingerprint density at radius 1 is 1.06 bits per heavy atom. The summed E-state index contributed by atoms with van der Waals surface area (Å²) < 4.78 is 0. The van der Waals surface area contributed by atoms with Gasteiger partial charge in [-0.1, -0.05) is 12.1 Å². The van der Waals surface area contributed by atoms with Gasteiger partial charge >= 0.3 is 0 Å². The maximum Gasteiger partial charge on any atom is 0.115 e. The van der Waals surface area contributed by atoms with Gasteiger partial charge in [0.1, 0.15) is 5.75 Å². The highest BCUT2D eigenvalue weighted by atomic mass is 35.5. The molecular formula is C13H20ClNO. The van der Waals surface area contributed by atoms with E-state index in [0.29, 0.717) is 17.7 Å². The second kappa shape index (κ2) is 6.12. The number of rotatable bonds is 2. The van der Waals surface area contributed by atoms with Crippen LogP contribution in [0.2, 0.25) is 0 Å². The standard InChI is InChI=1S/C13H19NO.ClH/c1-14-12-6-2-10(3-7-12)11-4-8-13(15)9-5-11;/h4-5,8-10,12,14-15H,2-3,6-7H2,1H3;1H. The van der Waals surface area contributed by atoms with E-state index in [9.17, 15) is 5.11 Å². The third-order valence-electron chi connectivity index (χ3n) is 3.50. The van der Waals surface area contributed by atoms with Crippen molar-refractivity contribution < 1.29 is 5.11 Å². The molecule has 0 radical (unpaired) electrons. The van der Waals surface area contributed by atoms with E-state index in [1.807, 2.05) is 7.05 Å². The Hall–Kier alpha value is -0.730. The maximum atomic E-state index is 9.23. The molecule has 3 heteroatoms. The highest BCUT2D eigenvalue weighted by Crippen LogP contribution is 2.33. The average molecular weight is 242 g/mol. The zero-order valence-corrected chi connectivity index (χ0v) is 10.5. The predicted molar refractivity (Wildman–Crippen MR) is 69.4 cm³/mol. The first-order valence-corrected chi connectivity index (χ1v) is 5.76. The molecule has 0 saturated heterocycles. The van der Waals surface area contributed by atoms with Crippen molar-refractivity contribution in [1.82, 2.24) is 5.32 Å². The van der Waals surface area contributed by atoms with Crippen LogP contribution in [-0.2, 0) is 0 Å². The zero-order chi connectivity index (χ0) is 10.7. The van der Waals surface area contributed by atoms with E-state index in [0.717, 1.165) is 0 Å². The van der Waals surface area contributed by atoms with Gasteiger partial charge in [-0.25, -0.2) is 0 Å². The van der Waals surface area contributed by atoms with Gasteiger partial charge in [-0.05, 0) is 56.3 Å². The lowest BCUT2D eigenvalue weighted by Gasteiger charge is -2.28. The first-order valence-electron chi connectivity index (χ1n) is 5.76. The molecule has 90 valence electrons. The number of nitrogens with one attached hydrogen (secondary N) is 1. The third kappa shape index (κ3) is 3.13. The molecule has 0 bridgehead atoms. The number of hydrogen-bond donors (Lipinski definition) is 2. The summed E-state index contributed by atoms with van der Waals surface area (Å²) in [5.74, 6) is 1.05. The van der Waals surface area contributed by atoms with E-state index in [1.54, 1.807) is 12.1 Å². The van der Waals surface area contributed by atoms with Crippen LogP contribution < -0.4 is 5.32 Å². The van der Waals surface area contributed by atoms with Crippen molar-refractivity contribution in [2.24, 2.45) is 0 Å². The Labute approximate surface area is 103 Å². The highest BCUT2D eigenvalue weighted by Gasteiger charge is 2.20. The summed E-state index contributed by atoms with van der Waals surface area (Å²) in [6, 6.07) is 8.40. The van der Waals surface area contributed by atoms with Gasteiger partial charge in [-0.15, -0.1) is 12.4 Å². The fraction of sp³-hybridized carbons (Fsp3) is 0.538. The zero-order valence-electron chi connectivity index (χ0n) is 9.65. The molecule has 0 atom stereocenters. The van der Waals surface area contributed by atoms with Crippen molar-refractivity contribution in [1.29, 1.82) is 0 Å². The van der Waals surface area contributed by atoms with Crippen molar-refractivity contribution in [3.8, 4) is 5.75 Å². The monoisotopic (exact) mass is 241 g/mol. The van der Waals surface area contributed by atoms with Crippen molar-refractivity contribution >= 4 is 12.4 Å². The minimum Gasteiger partial charge on any atom is -0.508 e. The van der Waals surface area contributed by atoms with Crippen molar-refractivity contribution in [3.05, 3.63) is 29.8 Å². The van der Waals surface area contributed by atoms with Crippen LogP contribution in [0.3, 0.4) is 0 Å². The Bertz CT molecular complexity index is 304. The van der Waals surface area contributed by atoms with Crippen LogP contribution in [0.4, 0.5) is 0 Å². The predicted octanol–water partition coefficient (Wildman–Crippen LogP) is 3.06. The van der Waals surface area contributed by atoms with Crippen LogP contribution in [0.15, 0.2) is 24.3 Å². The second-order valence-electron chi connectivity index (χ2n) is 4.43. The first-order chi connectivity index (χ1) is 7.29. The molecule has 0 spiro atoms. The summed E-state index contributed by atoms with van der Waals surface area (Å²) in [7, 11) is 2.05. The largest absolute Gasteiger partial charge is 0.508 e. The lowest BCUT2D eigenvalue weighted by atomic mass is 9.82. The molecule has 1 aromatic carbocycles. The summed E-state index contributed by atoms with van der Waals surface area (Å²) >= 11 is 0. The molecule has 0 amide bonds. The summed E-state index contributed by atoms with van der Waals surface area (Å²) in [4.78, 5) is 0. The van der Waals surface area contributed by atoms with Gasteiger partial charge < -0.3 is 10.4 Å². The smallest absolute Gasteiger partial charge is 0.115 e. The van der Waals surface area contributed by atoms with E-state index in [4.69, 9.17) is 0 Å². The van der Waals surface area contributed by atoms with Crippen LogP contribution >= 0.6 is 12.4 Å². The molecule has 2 N–H and O–H groups in total. The third-order valence-corrected chi connectivity index (χ3v) is 3.50. The van der Waals surface area contributed by atoms with Gasteiger partial charge in [-0.3, -0.25) is 0 Å².